The number of nitrogens with zero attached hydrogens (tertiary/aromatic N) is 2. The highest BCUT2D eigenvalue weighted by atomic mass is 35.5. The van der Waals surface area contributed by atoms with Crippen LogP contribution >= 0.6 is 35.0 Å². The van der Waals surface area contributed by atoms with E-state index in [9.17, 15) is 9.90 Å². The highest BCUT2D eigenvalue weighted by molar-refractivity contribution is 7.99. The van der Waals surface area contributed by atoms with Crippen molar-refractivity contribution in [2.24, 2.45) is 10.8 Å². The van der Waals surface area contributed by atoms with Crippen LogP contribution < -0.4 is 10.7 Å². The van der Waals surface area contributed by atoms with E-state index in [0.29, 0.717) is 15.7 Å². The number of hydrazone groups is 1. The van der Waals surface area contributed by atoms with Crippen LogP contribution in [0, 0.1) is 0 Å². The quantitative estimate of drug-likeness (QED) is 0.510. The minimum atomic E-state index is -0.832. The zero-order chi connectivity index (χ0) is 13.7. The van der Waals surface area contributed by atoms with Crippen LogP contribution in [0.2, 0.25) is 10.0 Å². The number of carbonyl (C=O) groups is 1. The monoisotopic (exact) mass is 307 g/mol. The normalized spacial score (nSPS) is 12.7. The molecule has 0 spiro atoms. The summed E-state index contributed by atoms with van der Waals surface area (Å²) < 4.78 is 0. The summed E-state index contributed by atoms with van der Waals surface area (Å²) in [5.74, 6) is 0. The van der Waals surface area contributed by atoms with E-state index in [1.807, 2.05) is 0 Å². The SMILES string of the molecule is CSC(O)/C=N/N(C(N)=O)c1cc(Cl)cc(Cl)c1. The molecule has 0 aliphatic rings. The Kier molecular flexibility index (Phi) is 5.74. The van der Waals surface area contributed by atoms with E-state index in [-0.39, 0.29) is 0 Å². The largest absolute Gasteiger partial charge is 0.377 e. The van der Waals surface area contributed by atoms with Crippen LogP contribution in [0.4, 0.5) is 10.5 Å². The summed E-state index contributed by atoms with van der Waals surface area (Å²) in [6.07, 6.45) is 2.88. The van der Waals surface area contributed by atoms with Crippen LogP contribution in [-0.4, -0.2) is 29.0 Å². The van der Waals surface area contributed by atoms with Crippen LogP contribution in [0.25, 0.3) is 0 Å². The van der Waals surface area contributed by atoms with Crippen molar-refractivity contribution in [2.75, 3.05) is 11.3 Å². The first kappa shape index (κ1) is 15.1. The van der Waals surface area contributed by atoms with Gasteiger partial charge < -0.3 is 10.8 Å². The van der Waals surface area contributed by atoms with Gasteiger partial charge in [0.05, 0.1) is 11.9 Å². The first-order valence-corrected chi connectivity index (χ1v) is 6.79. The molecule has 2 amide bonds. The Morgan fingerprint density at radius 3 is 2.50 bits per heavy atom. The second-order valence-electron chi connectivity index (χ2n) is 3.17. The molecule has 1 aromatic carbocycles. The Hall–Kier alpha value is -0.950. The number of nitrogens with two attached hydrogens (primary N) is 1. The van der Waals surface area contributed by atoms with Gasteiger partial charge in [0, 0.05) is 10.0 Å². The lowest BCUT2D eigenvalue weighted by Gasteiger charge is -2.15. The van der Waals surface area contributed by atoms with Gasteiger partial charge in [-0.2, -0.15) is 10.1 Å². The predicted molar refractivity (Wildman–Crippen MR) is 76.5 cm³/mol. The minimum Gasteiger partial charge on any atom is -0.377 e. The van der Waals surface area contributed by atoms with Crippen LogP contribution in [-0.2, 0) is 0 Å². The number of amides is 2. The molecule has 1 atom stereocenters. The topological polar surface area (TPSA) is 78.9 Å². The number of rotatable bonds is 4. The van der Waals surface area contributed by atoms with Crippen molar-refractivity contribution < 1.29 is 9.90 Å². The second-order valence-corrected chi connectivity index (χ2v) is 5.00. The maximum Gasteiger partial charge on any atom is 0.339 e. The van der Waals surface area contributed by atoms with Crippen LogP contribution in [0.3, 0.4) is 0 Å². The number of thioether (sulfide) groups is 1. The van der Waals surface area contributed by atoms with Gasteiger partial charge in [-0.25, -0.2) is 4.79 Å². The third-order valence-electron chi connectivity index (χ3n) is 1.85. The van der Waals surface area contributed by atoms with Gasteiger partial charge in [0.25, 0.3) is 0 Å². The summed E-state index contributed by atoms with van der Waals surface area (Å²) in [5.41, 5.74) is 4.69. The fourth-order valence-electron chi connectivity index (χ4n) is 1.10. The number of primary amides is 1. The number of carbonyl (C=O) groups excluding carboxylic acids is 1. The lowest BCUT2D eigenvalue weighted by Crippen LogP contribution is -2.31. The van der Waals surface area contributed by atoms with Crippen molar-refractivity contribution in [2.45, 2.75) is 5.44 Å². The molecular formula is C10H11Cl2N3O2S. The highest BCUT2D eigenvalue weighted by Gasteiger charge is 2.13. The number of anilines is 1. The van der Waals surface area contributed by atoms with Crippen molar-refractivity contribution in [3.8, 4) is 0 Å². The zero-order valence-electron chi connectivity index (χ0n) is 9.38. The van der Waals surface area contributed by atoms with Gasteiger partial charge in [0.1, 0.15) is 5.44 Å². The average Bonchev–Trinajstić information content (AvgIpc) is 2.27. The number of hydrogen-bond acceptors (Lipinski definition) is 4. The summed E-state index contributed by atoms with van der Waals surface area (Å²) in [7, 11) is 0. The average molecular weight is 308 g/mol. The fraction of sp³-hybridized carbons (Fsp3) is 0.200. The van der Waals surface area contributed by atoms with E-state index in [0.717, 1.165) is 16.8 Å². The summed E-state index contributed by atoms with van der Waals surface area (Å²) in [4.78, 5) is 11.3. The van der Waals surface area contributed by atoms with E-state index in [1.54, 1.807) is 6.26 Å². The molecule has 8 heteroatoms. The van der Waals surface area contributed by atoms with Crippen LogP contribution in [0.5, 0.6) is 0 Å². The molecule has 0 aliphatic heterocycles. The van der Waals surface area contributed by atoms with Gasteiger partial charge in [-0.3, -0.25) is 0 Å². The van der Waals surface area contributed by atoms with E-state index < -0.39 is 11.5 Å². The Bertz CT molecular complexity index is 450. The van der Waals surface area contributed by atoms with Gasteiger partial charge in [-0.15, -0.1) is 11.8 Å². The molecule has 0 aromatic heterocycles. The molecule has 0 aliphatic carbocycles. The fourth-order valence-corrected chi connectivity index (χ4v) is 1.79. The maximum absolute atomic E-state index is 11.3. The third kappa shape index (κ3) is 4.38. The van der Waals surface area contributed by atoms with E-state index in [1.165, 1.54) is 24.4 Å². The molecule has 0 radical (unpaired) electrons. The summed E-state index contributed by atoms with van der Waals surface area (Å²) >= 11 is 12.8. The van der Waals surface area contributed by atoms with Crippen molar-refractivity contribution in [3.63, 3.8) is 0 Å². The minimum absolute atomic E-state index is 0.324. The van der Waals surface area contributed by atoms with E-state index in [2.05, 4.69) is 5.10 Å². The molecule has 18 heavy (non-hydrogen) atoms. The van der Waals surface area contributed by atoms with E-state index in [4.69, 9.17) is 28.9 Å². The van der Waals surface area contributed by atoms with Crippen LogP contribution in [0.1, 0.15) is 0 Å². The Morgan fingerprint density at radius 1 is 1.50 bits per heavy atom. The lowest BCUT2D eigenvalue weighted by atomic mass is 10.3. The first-order valence-electron chi connectivity index (χ1n) is 4.74. The molecular weight excluding hydrogens is 297 g/mol. The number of aliphatic hydroxyl groups excluding tert-OH is 1. The first-order chi connectivity index (χ1) is 8.43. The number of benzene rings is 1. The number of hydrogen-bond donors (Lipinski definition) is 2. The Balaban J connectivity index is 3.05. The molecule has 3 N–H and O–H groups in total. The van der Waals surface area contributed by atoms with Crippen molar-refractivity contribution >= 4 is 52.9 Å². The third-order valence-corrected chi connectivity index (χ3v) is 2.89. The number of aliphatic hydroxyl groups is 1. The Labute approximate surface area is 119 Å². The van der Waals surface area contributed by atoms with Crippen LogP contribution in [0.15, 0.2) is 23.3 Å². The molecule has 1 aromatic rings. The van der Waals surface area contributed by atoms with E-state index >= 15 is 0 Å². The smallest absolute Gasteiger partial charge is 0.339 e. The molecule has 5 nitrogen and oxygen atoms in total. The molecule has 1 rings (SSSR count). The summed E-state index contributed by atoms with van der Waals surface area (Å²) in [6.45, 7) is 0. The molecule has 0 bridgehead atoms. The predicted octanol–water partition coefficient (Wildman–Crippen LogP) is 2.55. The summed E-state index contributed by atoms with van der Waals surface area (Å²) in [6, 6.07) is 3.69. The van der Waals surface area contributed by atoms with Gasteiger partial charge in [-0.05, 0) is 24.5 Å². The molecule has 0 heterocycles. The second kappa shape index (κ2) is 6.84. The van der Waals surface area contributed by atoms with Gasteiger partial charge >= 0.3 is 6.03 Å². The molecule has 0 saturated carbocycles. The standard InChI is InChI=1S/C10H11Cl2N3O2S/c1-18-9(16)5-14-15(10(13)17)8-3-6(11)2-7(12)4-8/h2-5,9,16H,1H3,(H2,13,17)/b14-5+. The summed E-state index contributed by atoms with van der Waals surface area (Å²) in [5, 5.41) is 14.7. The molecule has 0 saturated heterocycles. The Morgan fingerprint density at radius 2 is 2.06 bits per heavy atom. The zero-order valence-corrected chi connectivity index (χ0v) is 11.7. The number of halogens is 2. The van der Waals surface area contributed by atoms with Crippen molar-refractivity contribution in [1.29, 1.82) is 0 Å². The molecule has 0 fully saturated rings. The molecule has 1 unspecified atom stereocenters. The maximum atomic E-state index is 11.3. The number of urea groups is 1. The van der Waals surface area contributed by atoms with Crippen molar-refractivity contribution in [1.82, 2.24) is 0 Å². The lowest BCUT2D eigenvalue weighted by molar-refractivity contribution is 0.254. The van der Waals surface area contributed by atoms with Gasteiger partial charge in [0.2, 0.25) is 0 Å². The molecule has 98 valence electrons. The highest BCUT2D eigenvalue weighted by Crippen LogP contribution is 2.25. The van der Waals surface area contributed by atoms with Gasteiger partial charge in [0.15, 0.2) is 0 Å². The van der Waals surface area contributed by atoms with Gasteiger partial charge in [-0.1, -0.05) is 23.2 Å². The van der Waals surface area contributed by atoms with Crippen molar-refractivity contribution in [3.05, 3.63) is 28.2 Å².